The van der Waals surface area contributed by atoms with E-state index < -0.39 is 10.0 Å². The Balaban J connectivity index is 2.42. The average Bonchev–Trinajstić information content (AvgIpc) is 2.29. The largest absolute Gasteiger partial charge is 0.326 e. The van der Waals surface area contributed by atoms with Gasteiger partial charge in [-0.1, -0.05) is 15.9 Å². The predicted molar refractivity (Wildman–Crippen MR) is 79.3 cm³/mol. The van der Waals surface area contributed by atoms with Crippen LogP contribution < -0.4 is 10.5 Å². The first-order chi connectivity index (χ1) is 8.77. The summed E-state index contributed by atoms with van der Waals surface area (Å²) in [6.45, 7) is 4.06. The minimum Gasteiger partial charge on any atom is -0.326 e. The Morgan fingerprint density at radius 2 is 2.05 bits per heavy atom. The van der Waals surface area contributed by atoms with Crippen molar-refractivity contribution in [3.63, 3.8) is 0 Å². The van der Waals surface area contributed by atoms with Gasteiger partial charge in [0.1, 0.15) is 0 Å². The molecule has 0 atom stereocenters. The summed E-state index contributed by atoms with van der Waals surface area (Å²) in [5.74, 6) is 0. The number of nitrogens with one attached hydrogen (secondary N) is 1. The van der Waals surface area contributed by atoms with Gasteiger partial charge in [0, 0.05) is 16.6 Å². The average molecular weight is 347 g/mol. The van der Waals surface area contributed by atoms with Gasteiger partial charge in [0.05, 0.1) is 4.90 Å². The monoisotopic (exact) mass is 346 g/mol. The van der Waals surface area contributed by atoms with Gasteiger partial charge in [-0.25, -0.2) is 13.1 Å². The molecule has 1 saturated carbocycles. The summed E-state index contributed by atoms with van der Waals surface area (Å²) in [7, 11) is -3.50. The van der Waals surface area contributed by atoms with Crippen LogP contribution in [0.15, 0.2) is 21.5 Å². The van der Waals surface area contributed by atoms with Crippen LogP contribution >= 0.6 is 15.9 Å². The zero-order valence-electron chi connectivity index (χ0n) is 11.2. The first kappa shape index (κ1) is 15.0. The molecular formula is C13H19BrN2O2S. The summed E-state index contributed by atoms with van der Waals surface area (Å²) < 4.78 is 28.6. The van der Waals surface area contributed by atoms with E-state index in [-0.39, 0.29) is 5.54 Å². The van der Waals surface area contributed by atoms with Crippen LogP contribution in [0, 0.1) is 6.92 Å². The van der Waals surface area contributed by atoms with Crippen molar-refractivity contribution in [2.45, 2.75) is 50.1 Å². The maximum atomic E-state index is 12.5. The second-order valence-corrected chi connectivity index (χ2v) is 7.93. The molecule has 1 fully saturated rings. The van der Waals surface area contributed by atoms with Crippen molar-refractivity contribution in [3.05, 3.63) is 27.7 Å². The highest BCUT2D eigenvalue weighted by atomic mass is 79.9. The number of hydrogen-bond donors (Lipinski definition) is 2. The van der Waals surface area contributed by atoms with Gasteiger partial charge in [-0.2, -0.15) is 0 Å². The van der Waals surface area contributed by atoms with Crippen molar-refractivity contribution in [3.8, 4) is 0 Å². The number of hydrogen-bond acceptors (Lipinski definition) is 3. The van der Waals surface area contributed by atoms with E-state index in [0.717, 1.165) is 29.3 Å². The van der Waals surface area contributed by atoms with Gasteiger partial charge in [-0.15, -0.1) is 0 Å². The van der Waals surface area contributed by atoms with Gasteiger partial charge in [-0.05, 0) is 56.4 Å². The summed E-state index contributed by atoms with van der Waals surface area (Å²) in [6, 6.07) is 3.52. The lowest BCUT2D eigenvalue weighted by atomic mass is 9.80. The minimum absolute atomic E-state index is 0.295. The Morgan fingerprint density at radius 3 is 2.53 bits per heavy atom. The van der Waals surface area contributed by atoms with Crippen LogP contribution in [0.4, 0.5) is 0 Å². The standard InChI is InChI=1S/C13H19BrN2O2S/c1-9-11(14)6-10(8-15)7-12(9)19(17,18)16-13(2)4-3-5-13/h6-7,16H,3-5,8,15H2,1-2H3. The molecule has 1 aliphatic rings. The van der Waals surface area contributed by atoms with E-state index in [9.17, 15) is 8.42 Å². The molecule has 0 amide bonds. The lowest BCUT2D eigenvalue weighted by Gasteiger charge is -2.38. The zero-order chi connectivity index (χ0) is 14.3. The van der Waals surface area contributed by atoms with Crippen LogP contribution in [0.1, 0.15) is 37.3 Å². The minimum atomic E-state index is -3.50. The van der Waals surface area contributed by atoms with Gasteiger partial charge in [0.15, 0.2) is 0 Å². The van der Waals surface area contributed by atoms with E-state index in [1.807, 2.05) is 13.0 Å². The number of sulfonamides is 1. The second-order valence-electron chi connectivity index (χ2n) is 5.42. The molecule has 0 saturated heterocycles. The van der Waals surface area contributed by atoms with E-state index >= 15 is 0 Å². The van der Waals surface area contributed by atoms with Crippen molar-refractivity contribution >= 4 is 26.0 Å². The summed E-state index contributed by atoms with van der Waals surface area (Å²) in [5.41, 5.74) is 6.83. The van der Waals surface area contributed by atoms with Gasteiger partial charge < -0.3 is 5.73 Å². The topological polar surface area (TPSA) is 72.2 Å². The third-order valence-corrected chi connectivity index (χ3v) is 6.31. The van der Waals surface area contributed by atoms with Crippen LogP contribution in [0.3, 0.4) is 0 Å². The Morgan fingerprint density at radius 1 is 1.42 bits per heavy atom. The van der Waals surface area contributed by atoms with Crippen molar-refractivity contribution in [2.75, 3.05) is 0 Å². The van der Waals surface area contributed by atoms with Crippen LogP contribution in [-0.2, 0) is 16.6 Å². The fourth-order valence-corrected chi connectivity index (χ4v) is 4.71. The molecular weight excluding hydrogens is 328 g/mol. The van der Waals surface area contributed by atoms with Crippen molar-refractivity contribution in [1.82, 2.24) is 4.72 Å². The molecule has 0 unspecified atom stereocenters. The molecule has 4 nitrogen and oxygen atoms in total. The number of benzene rings is 1. The normalized spacial score (nSPS) is 18.1. The van der Waals surface area contributed by atoms with Gasteiger partial charge in [0.25, 0.3) is 0 Å². The molecule has 0 aromatic heterocycles. The summed E-state index contributed by atoms with van der Waals surface area (Å²) in [6.07, 6.45) is 2.86. The molecule has 0 aliphatic heterocycles. The first-order valence-electron chi connectivity index (χ1n) is 6.30. The van der Waals surface area contributed by atoms with E-state index in [1.54, 1.807) is 13.0 Å². The zero-order valence-corrected chi connectivity index (χ0v) is 13.6. The Hall–Kier alpha value is -0.430. The summed E-state index contributed by atoms with van der Waals surface area (Å²) in [4.78, 5) is 0.315. The number of rotatable bonds is 4. The van der Waals surface area contributed by atoms with Crippen molar-refractivity contribution in [1.29, 1.82) is 0 Å². The number of nitrogens with two attached hydrogens (primary N) is 1. The third kappa shape index (κ3) is 3.02. The van der Waals surface area contributed by atoms with E-state index in [1.165, 1.54) is 0 Å². The highest BCUT2D eigenvalue weighted by Crippen LogP contribution is 2.34. The highest BCUT2D eigenvalue weighted by Gasteiger charge is 2.36. The quantitative estimate of drug-likeness (QED) is 0.879. The van der Waals surface area contributed by atoms with Crippen molar-refractivity contribution in [2.24, 2.45) is 5.73 Å². The molecule has 6 heteroatoms. The maximum absolute atomic E-state index is 12.5. The summed E-state index contributed by atoms with van der Waals surface area (Å²) in [5, 5.41) is 0. The first-order valence-corrected chi connectivity index (χ1v) is 8.58. The summed E-state index contributed by atoms with van der Waals surface area (Å²) >= 11 is 3.39. The molecule has 0 bridgehead atoms. The molecule has 19 heavy (non-hydrogen) atoms. The molecule has 3 N–H and O–H groups in total. The molecule has 1 aromatic rings. The Labute approximate surface area is 122 Å². The fourth-order valence-electron chi connectivity index (χ4n) is 2.29. The maximum Gasteiger partial charge on any atom is 0.241 e. The molecule has 0 radical (unpaired) electrons. The lowest BCUT2D eigenvalue weighted by molar-refractivity contribution is 0.248. The number of halogens is 1. The van der Waals surface area contributed by atoms with Crippen LogP contribution in [-0.4, -0.2) is 14.0 Å². The molecule has 0 spiro atoms. The van der Waals surface area contributed by atoms with Gasteiger partial charge in [-0.3, -0.25) is 0 Å². The SMILES string of the molecule is Cc1c(Br)cc(CN)cc1S(=O)(=O)NC1(C)CCC1. The third-order valence-electron chi connectivity index (χ3n) is 3.72. The van der Waals surface area contributed by atoms with Gasteiger partial charge >= 0.3 is 0 Å². The van der Waals surface area contributed by atoms with E-state index in [2.05, 4.69) is 20.7 Å². The van der Waals surface area contributed by atoms with Crippen LogP contribution in [0.25, 0.3) is 0 Å². The molecule has 0 heterocycles. The molecule has 2 rings (SSSR count). The lowest BCUT2D eigenvalue weighted by Crippen LogP contribution is -2.50. The van der Waals surface area contributed by atoms with Gasteiger partial charge in [0.2, 0.25) is 10.0 Å². The molecule has 106 valence electrons. The Kier molecular flexibility index (Phi) is 4.07. The van der Waals surface area contributed by atoms with Crippen molar-refractivity contribution < 1.29 is 8.42 Å². The fraction of sp³-hybridized carbons (Fsp3) is 0.538. The predicted octanol–water partition coefficient (Wildman–Crippen LogP) is 2.44. The van der Waals surface area contributed by atoms with Crippen LogP contribution in [0.5, 0.6) is 0 Å². The highest BCUT2D eigenvalue weighted by molar-refractivity contribution is 9.10. The Bertz CT molecular complexity index is 595. The molecule has 1 aliphatic carbocycles. The van der Waals surface area contributed by atoms with E-state index in [4.69, 9.17) is 5.73 Å². The molecule has 1 aromatic carbocycles. The second kappa shape index (κ2) is 5.16. The van der Waals surface area contributed by atoms with E-state index in [0.29, 0.717) is 17.0 Å². The smallest absolute Gasteiger partial charge is 0.241 e. The van der Waals surface area contributed by atoms with Crippen LogP contribution in [0.2, 0.25) is 0 Å².